The zero-order chi connectivity index (χ0) is 17.2. The second kappa shape index (κ2) is 6.66. The topological polar surface area (TPSA) is 89.3 Å². The normalized spacial score (nSPS) is 11.5. The molecule has 0 bridgehead atoms. The van der Waals surface area contributed by atoms with Crippen LogP contribution in [-0.2, 0) is 10.0 Å². The molecule has 0 saturated heterocycles. The molecule has 0 amide bonds. The Hall–Kier alpha value is -2.32. The number of carbonyl (C=O) groups excluding carboxylic acids is 1. The average Bonchev–Trinajstić information content (AvgIpc) is 2.94. The van der Waals surface area contributed by atoms with Gasteiger partial charge in [0.05, 0.1) is 12.0 Å². The van der Waals surface area contributed by atoms with Gasteiger partial charge in [-0.05, 0) is 36.4 Å². The summed E-state index contributed by atoms with van der Waals surface area (Å²) in [5, 5.41) is 0.444. The van der Waals surface area contributed by atoms with Crippen molar-refractivity contribution in [3.05, 3.63) is 54.1 Å². The van der Waals surface area contributed by atoms with Crippen molar-refractivity contribution < 1.29 is 17.6 Å². The van der Waals surface area contributed by atoms with E-state index in [-0.39, 0.29) is 11.5 Å². The first-order chi connectivity index (χ1) is 11.4. The number of oxazole rings is 1. The number of carbonyl (C=O) groups is 1. The molecule has 2 aromatic carbocycles. The Morgan fingerprint density at radius 2 is 1.88 bits per heavy atom. The maximum absolute atomic E-state index is 12.2. The van der Waals surface area contributed by atoms with Crippen LogP contribution in [0.3, 0.4) is 0 Å². The van der Waals surface area contributed by atoms with Gasteiger partial charge in [-0.3, -0.25) is 9.52 Å². The Morgan fingerprint density at radius 1 is 1.17 bits per heavy atom. The minimum Gasteiger partial charge on any atom is -0.431 e. The Morgan fingerprint density at radius 3 is 2.54 bits per heavy atom. The van der Waals surface area contributed by atoms with E-state index in [4.69, 9.17) is 4.42 Å². The summed E-state index contributed by atoms with van der Waals surface area (Å²) in [6, 6.07) is 13.7. The van der Waals surface area contributed by atoms with Gasteiger partial charge in [-0.25, -0.2) is 13.4 Å². The van der Waals surface area contributed by atoms with Crippen molar-refractivity contribution in [2.24, 2.45) is 0 Å². The SMILES string of the molecule is CS(=O)(=O)Nc1ccc(C(=O)CSc2nc3ccccc3o2)cc1. The van der Waals surface area contributed by atoms with Gasteiger partial charge in [-0.1, -0.05) is 23.9 Å². The number of fused-ring (bicyclic) bond motifs is 1. The van der Waals surface area contributed by atoms with Crippen LogP contribution in [0.4, 0.5) is 5.69 Å². The summed E-state index contributed by atoms with van der Waals surface area (Å²) in [7, 11) is -3.33. The van der Waals surface area contributed by atoms with Crippen LogP contribution in [0.1, 0.15) is 10.4 Å². The number of sulfonamides is 1. The first-order valence-corrected chi connectivity index (χ1v) is 9.88. The molecule has 24 heavy (non-hydrogen) atoms. The lowest BCUT2D eigenvalue weighted by atomic mass is 10.1. The van der Waals surface area contributed by atoms with Gasteiger partial charge >= 0.3 is 0 Å². The van der Waals surface area contributed by atoms with E-state index in [1.165, 1.54) is 11.8 Å². The number of anilines is 1. The molecule has 6 nitrogen and oxygen atoms in total. The van der Waals surface area contributed by atoms with E-state index < -0.39 is 10.0 Å². The largest absolute Gasteiger partial charge is 0.431 e. The van der Waals surface area contributed by atoms with Gasteiger partial charge in [-0.15, -0.1) is 0 Å². The molecule has 0 aliphatic rings. The third-order valence-electron chi connectivity index (χ3n) is 3.11. The zero-order valence-corrected chi connectivity index (χ0v) is 14.4. The van der Waals surface area contributed by atoms with E-state index in [1.807, 2.05) is 24.3 Å². The molecule has 0 saturated carbocycles. The number of aromatic nitrogens is 1. The van der Waals surface area contributed by atoms with E-state index in [2.05, 4.69) is 9.71 Å². The van der Waals surface area contributed by atoms with Crippen LogP contribution in [-0.4, -0.2) is 31.2 Å². The summed E-state index contributed by atoms with van der Waals surface area (Å²) in [5.74, 6) is 0.0965. The molecule has 3 rings (SSSR count). The molecule has 1 N–H and O–H groups in total. The molecular weight excluding hydrogens is 348 g/mol. The molecule has 0 aliphatic heterocycles. The Kier molecular flexibility index (Phi) is 4.59. The quantitative estimate of drug-likeness (QED) is 0.535. The smallest absolute Gasteiger partial charge is 0.257 e. The van der Waals surface area contributed by atoms with E-state index in [1.54, 1.807) is 24.3 Å². The molecule has 0 radical (unpaired) electrons. The molecule has 8 heteroatoms. The summed E-state index contributed by atoms with van der Waals surface area (Å²) >= 11 is 1.22. The van der Waals surface area contributed by atoms with E-state index in [9.17, 15) is 13.2 Å². The molecule has 0 fully saturated rings. The van der Waals surface area contributed by atoms with Crippen molar-refractivity contribution in [2.75, 3.05) is 16.7 Å². The Balaban J connectivity index is 1.64. The van der Waals surface area contributed by atoms with Crippen molar-refractivity contribution in [1.82, 2.24) is 4.98 Å². The molecule has 0 unspecified atom stereocenters. The van der Waals surface area contributed by atoms with Gasteiger partial charge in [0.2, 0.25) is 10.0 Å². The number of para-hydroxylation sites is 2. The lowest BCUT2D eigenvalue weighted by Gasteiger charge is -2.04. The van der Waals surface area contributed by atoms with Crippen molar-refractivity contribution in [1.29, 1.82) is 0 Å². The number of ketones is 1. The third kappa shape index (κ3) is 4.15. The maximum Gasteiger partial charge on any atom is 0.257 e. The molecular formula is C16H14N2O4S2. The first kappa shape index (κ1) is 16.5. The number of thioether (sulfide) groups is 1. The van der Waals surface area contributed by atoms with Gasteiger partial charge in [0.15, 0.2) is 11.4 Å². The Labute approximate surface area is 143 Å². The Bertz CT molecular complexity index is 946. The first-order valence-electron chi connectivity index (χ1n) is 7.00. The van der Waals surface area contributed by atoms with Crippen molar-refractivity contribution in [3.63, 3.8) is 0 Å². The van der Waals surface area contributed by atoms with Crippen LogP contribution in [0, 0.1) is 0 Å². The fourth-order valence-electron chi connectivity index (χ4n) is 2.06. The highest BCUT2D eigenvalue weighted by atomic mass is 32.2. The number of Topliss-reactive ketones (excluding diaryl/α,β-unsaturated/α-hetero) is 1. The van der Waals surface area contributed by atoms with Crippen molar-refractivity contribution >= 4 is 44.4 Å². The number of hydrogen-bond donors (Lipinski definition) is 1. The number of nitrogens with one attached hydrogen (secondary N) is 1. The monoisotopic (exact) mass is 362 g/mol. The van der Waals surface area contributed by atoms with Gasteiger partial charge in [0.25, 0.3) is 5.22 Å². The van der Waals surface area contributed by atoms with Gasteiger partial charge in [0.1, 0.15) is 5.52 Å². The van der Waals surface area contributed by atoms with Gasteiger partial charge in [-0.2, -0.15) is 0 Å². The average molecular weight is 362 g/mol. The second-order valence-corrected chi connectivity index (χ2v) is 7.79. The van der Waals surface area contributed by atoms with Crippen LogP contribution in [0.2, 0.25) is 0 Å². The van der Waals surface area contributed by atoms with Crippen molar-refractivity contribution in [3.8, 4) is 0 Å². The van der Waals surface area contributed by atoms with E-state index in [0.29, 0.717) is 22.1 Å². The summed E-state index contributed by atoms with van der Waals surface area (Å²) < 4.78 is 30.2. The van der Waals surface area contributed by atoms with Crippen LogP contribution in [0.15, 0.2) is 58.2 Å². The summed E-state index contributed by atoms with van der Waals surface area (Å²) in [6.07, 6.45) is 1.07. The molecule has 0 aliphatic carbocycles. The lowest BCUT2D eigenvalue weighted by molar-refractivity contribution is 0.102. The number of rotatable bonds is 6. The van der Waals surface area contributed by atoms with Crippen LogP contribution < -0.4 is 4.72 Å². The molecule has 1 heterocycles. The van der Waals surface area contributed by atoms with Crippen LogP contribution in [0.5, 0.6) is 0 Å². The summed E-state index contributed by atoms with van der Waals surface area (Å²) in [5.41, 5.74) is 2.35. The minimum atomic E-state index is -3.33. The van der Waals surface area contributed by atoms with Gasteiger partial charge < -0.3 is 4.42 Å². The lowest BCUT2D eigenvalue weighted by Crippen LogP contribution is -2.10. The molecule has 0 spiro atoms. The maximum atomic E-state index is 12.2. The zero-order valence-electron chi connectivity index (χ0n) is 12.7. The number of hydrogen-bond acceptors (Lipinski definition) is 6. The van der Waals surface area contributed by atoms with E-state index in [0.717, 1.165) is 11.8 Å². The minimum absolute atomic E-state index is 0.0897. The highest BCUT2D eigenvalue weighted by Crippen LogP contribution is 2.24. The van der Waals surface area contributed by atoms with Crippen LogP contribution >= 0.6 is 11.8 Å². The molecule has 124 valence electrons. The molecule has 0 atom stereocenters. The predicted octanol–water partition coefficient (Wildman–Crippen LogP) is 3.17. The highest BCUT2D eigenvalue weighted by Gasteiger charge is 2.11. The van der Waals surface area contributed by atoms with Crippen LogP contribution in [0.25, 0.3) is 11.1 Å². The number of benzene rings is 2. The fourth-order valence-corrected chi connectivity index (χ4v) is 3.36. The van der Waals surface area contributed by atoms with E-state index >= 15 is 0 Å². The standard InChI is InChI=1S/C16H14N2O4S2/c1-24(20,21)18-12-8-6-11(7-9-12)14(19)10-23-16-17-13-4-2-3-5-15(13)22-16/h2-9,18H,10H2,1H3. The second-order valence-electron chi connectivity index (χ2n) is 5.11. The number of nitrogens with zero attached hydrogens (tertiary/aromatic N) is 1. The highest BCUT2D eigenvalue weighted by molar-refractivity contribution is 7.99. The van der Waals surface area contributed by atoms with Gasteiger partial charge in [0, 0.05) is 11.3 Å². The predicted molar refractivity (Wildman–Crippen MR) is 94.0 cm³/mol. The third-order valence-corrected chi connectivity index (χ3v) is 4.55. The molecule has 3 aromatic rings. The molecule has 1 aromatic heterocycles. The summed E-state index contributed by atoms with van der Waals surface area (Å²) in [4.78, 5) is 16.5. The summed E-state index contributed by atoms with van der Waals surface area (Å²) in [6.45, 7) is 0. The fraction of sp³-hybridized carbons (Fsp3) is 0.125. The van der Waals surface area contributed by atoms with Crippen molar-refractivity contribution in [2.45, 2.75) is 5.22 Å².